The summed E-state index contributed by atoms with van der Waals surface area (Å²) >= 11 is 0. The number of piperidine rings is 1. The van der Waals surface area contributed by atoms with Crippen LogP contribution in [-0.2, 0) is 9.59 Å². The summed E-state index contributed by atoms with van der Waals surface area (Å²) in [5.74, 6) is 0.358. The third-order valence-electron chi connectivity index (χ3n) is 4.43. The number of nitrogens with zero attached hydrogens (tertiary/aromatic N) is 1. The largest absolute Gasteiger partial charge is 0.393 e. The molecule has 0 aromatic carbocycles. The highest BCUT2D eigenvalue weighted by Gasteiger charge is 2.23. The first-order chi connectivity index (χ1) is 9.66. The third kappa shape index (κ3) is 4.47. The van der Waals surface area contributed by atoms with Gasteiger partial charge in [0, 0.05) is 32.0 Å². The van der Waals surface area contributed by atoms with Crippen molar-refractivity contribution in [3.63, 3.8) is 0 Å². The van der Waals surface area contributed by atoms with Crippen molar-refractivity contribution in [1.29, 1.82) is 0 Å². The molecule has 0 unspecified atom stereocenters. The quantitative estimate of drug-likeness (QED) is 0.810. The number of hydrogen-bond acceptors (Lipinski definition) is 3. The molecule has 0 aromatic heterocycles. The van der Waals surface area contributed by atoms with Crippen LogP contribution in [0.4, 0.5) is 0 Å². The molecule has 2 fully saturated rings. The van der Waals surface area contributed by atoms with E-state index in [1.54, 1.807) is 4.90 Å². The highest BCUT2D eigenvalue weighted by molar-refractivity contribution is 5.80. The van der Waals surface area contributed by atoms with Crippen molar-refractivity contribution in [3.8, 4) is 0 Å². The molecule has 0 radical (unpaired) electrons. The van der Waals surface area contributed by atoms with Crippen molar-refractivity contribution in [1.82, 2.24) is 10.2 Å². The monoisotopic (exact) mass is 282 g/mol. The van der Waals surface area contributed by atoms with Crippen molar-refractivity contribution < 1.29 is 14.7 Å². The molecule has 5 nitrogen and oxygen atoms in total. The molecule has 5 heteroatoms. The Kier molecular flexibility index (Phi) is 5.83. The first-order valence-corrected chi connectivity index (χ1v) is 7.90. The zero-order valence-electron chi connectivity index (χ0n) is 12.1. The summed E-state index contributed by atoms with van der Waals surface area (Å²) in [6.45, 7) is 1.71. The topological polar surface area (TPSA) is 69.6 Å². The van der Waals surface area contributed by atoms with Crippen LogP contribution < -0.4 is 5.32 Å². The number of carbonyl (C=O) groups is 2. The van der Waals surface area contributed by atoms with Gasteiger partial charge in [0.25, 0.3) is 0 Å². The van der Waals surface area contributed by atoms with Crippen LogP contribution in [0.3, 0.4) is 0 Å². The van der Waals surface area contributed by atoms with Gasteiger partial charge in [0.2, 0.25) is 11.8 Å². The number of hydrogen-bond donors (Lipinski definition) is 2. The molecule has 1 aliphatic carbocycles. The van der Waals surface area contributed by atoms with Crippen LogP contribution >= 0.6 is 0 Å². The smallest absolute Gasteiger partial charge is 0.224 e. The standard InChI is InChI=1S/C15H26N2O3/c18-13-7-10-17(11-8-13)14(19)6-9-16-15(20)12-4-2-1-3-5-12/h12-13,18H,1-11H2,(H,16,20). The van der Waals surface area contributed by atoms with Gasteiger partial charge in [-0.1, -0.05) is 19.3 Å². The lowest BCUT2D eigenvalue weighted by molar-refractivity contribution is -0.133. The SMILES string of the molecule is O=C(NCCC(=O)N1CCC(O)CC1)C1CCCCC1. The van der Waals surface area contributed by atoms with Crippen LogP contribution in [0, 0.1) is 5.92 Å². The molecule has 0 spiro atoms. The summed E-state index contributed by atoms with van der Waals surface area (Å²) in [6, 6.07) is 0. The Morgan fingerprint density at radius 1 is 1.05 bits per heavy atom. The van der Waals surface area contributed by atoms with Gasteiger partial charge in [-0.2, -0.15) is 0 Å². The maximum atomic E-state index is 12.0. The lowest BCUT2D eigenvalue weighted by Crippen LogP contribution is -2.41. The van der Waals surface area contributed by atoms with Gasteiger partial charge in [-0.25, -0.2) is 0 Å². The first-order valence-electron chi connectivity index (χ1n) is 7.90. The molecule has 2 N–H and O–H groups in total. The highest BCUT2D eigenvalue weighted by Crippen LogP contribution is 2.23. The number of rotatable bonds is 4. The van der Waals surface area contributed by atoms with Gasteiger partial charge in [0.1, 0.15) is 0 Å². The van der Waals surface area contributed by atoms with E-state index in [1.807, 2.05) is 0 Å². The molecule has 0 atom stereocenters. The molecule has 1 saturated heterocycles. The molecule has 1 aliphatic heterocycles. The van der Waals surface area contributed by atoms with E-state index in [9.17, 15) is 14.7 Å². The highest BCUT2D eigenvalue weighted by atomic mass is 16.3. The zero-order chi connectivity index (χ0) is 14.4. The summed E-state index contributed by atoms with van der Waals surface area (Å²) in [7, 11) is 0. The Morgan fingerprint density at radius 2 is 1.70 bits per heavy atom. The molecule has 20 heavy (non-hydrogen) atoms. The van der Waals surface area contributed by atoms with Gasteiger partial charge in [-0.15, -0.1) is 0 Å². The number of aliphatic hydroxyl groups excluding tert-OH is 1. The van der Waals surface area contributed by atoms with Gasteiger partial charge in [0.05, 0.1) is 6.10 Å². The second-order valence-corrected chi connectivity index (χ2v) is 5.99. The number of nitrogens with one attached hydrogen (secondary N) is 1. The maximum absolute atomic E-state index is 12.0. The molecule has 0 aromatic rings. The van der Waals surface area contributed by atoms with Crippen molar-refractivity contribution >= 4 is 11.8 Å². The number of amides is 2. The molecule has 0 bridgehead atoms. The predicted molar refractivity (Wildman–Crippen MR) is 76.0 cm³/mol. The normalized spacial score (nSPS) is 21.8. The minimum Gasteiger partial charge on any atom is -0.393 e. The Hall–Kier alpha value is -1.10. The Bertz CT molecular complexity index is 332. The van der Waals surface area contributed by atoms with Crippen molar-refractivity contribution in [2.75, 3.05) is 19.6 Å². The van der Waals surface area contributed by atoms with Crippen molar-refractivity contribution in [3.05, 3.63) is 0 Å². The minimum atomic E-state index is -0.259. The van der Waals surface area contributed by atoms with Crippen LogP contribution in [-0.4, -0.2) is 47.6 Å². The fourth-order valence-electron chi connectivity index (χ4n) is 3.08. The average Bonchev–Trinajstić information content (AvgIpc) is 2.48. The molecular weight excluding hydrogens is 256 g/mol. The van der Waals surface area contributed by atoms with Gasteiger partial charge in [-0.3, -0.25) is 9.59 Å². The summed E-state index contributed by atoms with van der Waals surface area (Å²) in [6.07, 6.45) is 6.95. The second-order valence-electron chi connectivity index (χ2n) is 5.99. The van der Waals surface area contributed by atoms with Crippen LogP contribution in [0.25, 0.3) is 0 Å². The Labute approximate surface area is 120 Å². The van der Waals surface area contributed by atoms with E-state index >= 15 is 0 Å². The molecule has 2 amide bonds. The Morgan fingerprint density at radius 3 is 2.35 bits per heavy atom. The van der Waals surface area contributed by atoms with Crippen LogP contribution in [0.1, 0.15) is 51.4 Å². The van der Waals surface area contributed by atoms with Crippen molar-refractivity contribution in [2.24, 2.45) is 5.92 Å². The van der Waals surface area contributed by atoms with E-state index in [1.165, 1.54) is 6.42 Å². The van der Waals surface area contributed by atoms with Crippen LogP contribution in [0.5, 0.6) is 0 Å². The van der Waals surface area contributed by atoms with E-state index in [0.29, 0.717) is 38.9 Å². The summed E-state index contributed by atoms with van der Waals surface area (Å²) in [5, 5.41) is 12.3. The van der Waals surface area contributed by atoms with Gasteiger partial charge < -0.3 is 15.3 Å². The fourth-order valence-corrected chi connectivity index (χ4v) is 3.08. The van der Waals surface area contributed by atoms with E-state index in [-0.39, 0.29) is 23.8 Å². The predicted octanol–water partition coefficient (Wildman–Crippen LogP) is 1.06. The van der Waals surface area contributed by atoms with Gasteiger partial charge in [0.15, 0.2) is 0 Å². The maximum Gasteiger partial charge on any atom is 0.224 e. The van der Waals surface area contributed by atoms with Crippen LogP contribution in [0.15, 0.2) is 0 Å². The summed E-state index contributed by atoms with van der Waals surface area (Å²) < 4.78 is 0. The molecule has 114 valence electrons. The molecular formula is C15H26N2O3. The summed E-state index contributed by atoms with van der Waals surface area (Å²) in [5.41, 5.74) is 0. The van der Waals surface area contributed by atoms with E-state index in [0.717, 1.165) is 25.7 Å². The van der Waals surface area contributed by atoms with E-state index < -0.39 is 0 Å². The Balaban J connectivity index is 1.62. The second kappa shape index (κ2) is 7.62. The van der Waals surface area contributed by atoms with E-state index in [2.05, 4.69) is 5.32 Å². The summed E-state index contributed by atoms with van der Waals surface area (Å²) in [4.78, 5) is 25.7. The van der Waals surface area contributed by atoms with Crippen LogP contribution in [0.2, 0.25) is 0 Å². The molecule has 2 aliphatic rings. The molecule has 1 saturated carbocycles. The molecule has 2 rings (SSSR count). The number of carbonyl (C=O) groups excluding carboxylic acids is 2. The first kappa shape index (κ1) is 15.3. The van der Waals surface area contributed by atoms with E-state index in [4.69, 9.17) is 0 Å². The van der Waals surface area contributed by atoms with Crippen molar-refractivity contribution in [2.45, 2.75) is 57.5 Å². The minimum absolute atomic E-state index is 0.0841. The number of aliphatic hydroxyl groups is 1. The average molecular weight is 282 g/mol. The fraction of sp³-hybridized carbons (Fsp3) is 0.867. The lowest BCUT2D eigenvalue weighted by atomic mass is 9.89. The zero-order valence-corrected chi connectivity index (χ0v) is 12.1. The number of likely N-dealkylation sites (tertiary alicyclic amines) is 1. The third-order valence-corrected chi connectivity index (χ3v) is 4.43. The van der Waals surface area contributed by atoms with Gasteiger partial charge >= 0.3 is 0 Å². The van der Waals surface area contributed by atoms with Gasteiger partial charge in [-0.05, 0) is 25.7 Å². The molecule has 1 heterocycles. The lowest BCUT2D eigenvalue weighted by Gasteiger charge is -2.29.